The molecule has 19 heavy (non-hydrogen) atoms. The van der Waals surface area contributed by atoms with E-state index in [1.807, 2.05) is 6.08 Å². The van der Waals surface area contributed by atoms with Gasteiger partial charge in [0.15, 0.2) is 5.52 Å². The number of hydrogen-bond donors (Lipinski definition) is 2. The van der Waals surface area contributed by atoms with Crippen LogP contribution >= 0.6 is 15.9 Å². The zero-order valence-electron chi connectivity index (χ0n) is 9.72. The third-order valence-corrected chi connectivity index (χ3v) is 3.35. The first-order valence-corrected chi connectivity index (χ1v) is 6.31. The molecule has 8 heteroatoms. The van der Waals surface area contributed by atoms with Crippen molar-refractivity contribution in [3.8, 4) is 0 Å². The molecule has 0 fully saturated rings. The van der Waals surface area contributed by atoms with E-state index < -0.39 is 0 Å². The Kier molecular flexibility index (Phi) is 2.86. The number of allylic oxidation sites excluding steroid dienone is 2. The van der Waals surface area contributed by atoms with Crippen LogP contribution in [0.5, 0.6) is 0 Å². The van der Waals surface area contributed by atoms with Gasteiger partial charge in [0.25, 0.3) is 0 Å². The van der Waals surface area contributed by atoms with Crippen molar-refractivity contribution in [2.45, 2.75) is 12.8 Å². The van der Waals surface area contributed by atoms with Gasteiger partial charge in [0.1, 0.15) is 5.84 Å². The summed E-state index contributed by atoms with van der Waals surface area (Å²) in [5.74, 6) is 0.206. The number of nitrogens with one attached hydrogen (secondary N) is 1. The van der Waals surface area contributed by atoms with E-state index in [4.69, 9.17) is 11.1 Å². The Morgan fingerprint density at radius 1 is 1.37 bits per heavy atom. The Hall–Kier alpha value is -2.09. The quantitative estimate of drug-likeness (QED) is 0.765. The van der Waals surface area contributed by atoms with Crippen molar-refractivity contribution in [1.82, 2.24) is 15.3 Å². The lowest BCUT2D eigenvalue weighted by Gasteiger charge is -2.08. The van der Waals surface area contributed by atoms with Gasteiger partial charge in [-0.2, -0.15) is 0 Å². The summed E-state index contributed by atoms with van der Waals surface area (Å²) >= 11 is 3.36. The van der Waals surface area contributed by atoms with Gasteiger partial charge in [-0.05, 0) is 26.2 Å². The van der Waals surface area contributed by atoms with E-state index in [1.165, 1.54) is 0 Å². The van der Waals surface area contributed by atoms with E-state index in [0.29, 0.717) is 29.7 Å². The molecule has 0 unspecified atom stereocenters. The zero-order chi connectivity index (χ0) is 13.4. The average molecular weight is 321 g/mol. The Morgan fingerprint density at radius 3 is 3.05 bits per heavy atom. The fourth-order valence-corrected chi connectivity index (χ4v) is 2.15. The number of aromatic nitrogens is 3. The molecule has 0 aliphatic carbocycles. The van der Waals surface area contributed by atoms with Crippen molar-refractivity contribution >= 4 is 44.8 Å². The third kappa shape index (κ3) is 2.14. The van der Waals surface area contributed by atoms with Gasteiger partial charge in [-0.1, -0.05) is 6.08 Å². The van der Waals surface area contributed by atoms with E-state index in [2.05, 4.69) is 40.8 Å². The van der Waals surface area contributed by atoms with Crippen LogP contribution in [0.15, 0.2) is 20.2 Å². The summed E-state index contributed by atoms with van der Waals surface area (Å²) in [5.41, 5.74) is 8.84. The van der Waals surface area contributed by atoms with Gasteiger partial charge in [0.05, 0.1) is 11.4 Å². The fraction of sp³-hybridized carbons (Fsp3) is 0.182. The Balaban J connectivity index is 2.23. The molecule has 1 aliphatic rings. The molecule has 1 aliphatic heterocycles. The summed E-state index contributed by atoms with van der Waals surface area (Å²) in [4.78, 5) is 8.42. The molecular formula is C11H9BrN6O. The second kappa shape index (κ2) is 4.54. The van der Waals surface area contributed by atoms with Crippen LogP contribution in [0.25, 0.3) is 11.2 Å². The lowest BCUT2D eigenvalue weighted by atomic mass is 10.0. The molecule has 0 saturated carbocycles. The molecule has 7 nitrogen and oxygen atoms in total. The van der Waals surface area contributed by atoms with E-state index in [-0.39, 0.29) is 5.84 Å². The van der Waals surface area contributed by atoms with Gasteiger partial charge in [0, 0.05) is 29.1 Å². The largest absolute Gasteiger partial charge is 0.396 e. The number of rotatable bonds is 0. The molecule has 96 valence electrons. The van der Waals surface area contributed by atoms with Gasteiger partial charge in [-0.15, -0.1) is 0 Å². The standard InChI is InChI=1S/C11H9BrN6O/c12-5-1-2-7-6(3-8(13)15-4-5)9(14)10-11(16-7)18-19-17-10/h1,4,13H,2-3,14H2/b5-1+,13-8?,15-4?. The van der Waals surface area contributed by atoms with Crippen LogP contribution < -0.4 is 5.73 Å². The maximum Gasteiger partial charge on any atom is 0.226 e. The summed E-state index contributed by atoms with van der Waals surface area (Å²) in [5, 5.41) is 15.3. The monoisotopic (exact) mass is 320 g/mol. The highest BCUT2D eigenvalue weighted by Crippen LogP contribution is 2.26. The minimum absolute atomic E-state index is 0.206. The maximum atomic E-state index is 7.82. The summed E-state index contributed by atoms with van der Waals surface area (Å²) in [6, 6.07) is 0. The highest BCUT2D eigenvalue weighted by atomic mass is 79.9. The van der Waals surface area contributed by atoms with Crippen molar-refractivity contribution in [1.29, 1.82) is 5.41 Å². The number of fused-ring (bicyclic) bond motifs is 2. The van der Waals surface area contributed by atoms with E-state index >= 15 is 0 Å². The molecule has 0 spiro atoms. The fourth-order valence-electron chi connectivity index (χ4n) is 1.89. The smallest absolute Gasteiger partial charge is 0.226 e. The van der Waals surface area contributed by atoms with Gasteiger partial charge < -0.3 is 5.73 Å². The van der Waals surface area contributed by atoms with Crippen LogP contribution in [0.4, 0.5) is 5.69 Å². The summed E-state index contributed by atoms with van der Waals surface area (Å²) in [6.07, 6.45) is 4.38. The van der Waals surface area contributed by atoms with Crippen LogP contribution in [0.2, 0.25) is 0 Å². The molecule has 0 amide bonds. The van der Waals surface area contributed by atoms with Crippen molar-refractivity contribution in [2.75, 3.05) is 5.73 Å². The van der Waals surface area contributed by atoms with E-state index in [9.17, 15) is 0 Å². The summed E-state index contributed by atoms with van der Waals surface area (Å²) in [6.45, 7) is 0. The number of aliphatic imine (C=N–C) groups is 1. The second-order valence-electron chi connectivity index (χ2n) is 4.06. The first-order valence-electron chi connectivity index (χ1n) is 5.52. The van der Waals surface area contributed by atoms with Gasteiger partial charge in [-0.25, -0.2) is 14.6 Å². The molecule has 0 bridgehead atoms. The SMILES string of the molecule is N=C1Cc2c(nc3nonc3c2N)C/C=C(/Br)C=N1. The highest BCUT2D eigenvalue weighted by Gasteiger charge is 2.18. The molecule has 3 N–H and O–H groups in total. The summed E-state index contributed by atoms with van der Waals surface area (Å²) in [7, 11) is 0. The van der Waals surface area contributed by atoms with Crippen molar-refractivity contribution in [2.24, 2.45) is 4.99 Å². The van der Waals surface area contributed by atoms with Crippen LogP contribution in [-0.4, -0.2) is 27.3 Å². The lowest BCUT2D eigenvalue weighted by molar-refractivity contribution is 0.315. The number of nitrogens with two attached hydrogens (primary N) is 1. The van der Waals surface area contributed by atoms with E-state index in [1.54, 1.807) is 6.21 Å². The lowest BCUT2D eigenvalue weighted by Crippen LogP contribution is -2.08. The predicted octanol–water partition coefficient (Wildman–Crippen LogP) is 1.63. The number of halogens is 1. The number of pyridine rings is 1. The second-order valence-corrected chi connectivity index (χ2v) is 4.98. The third-order valence-electron chi connectivity index (χ3n) is 2.82. The number of nitrogens with zero attached hydrogens (tertiary/aromatic N) is 4. The topological polar surface area (TPSA) is 114 Å². The van der Waals surface area contributed by atoms with Crippen molar-refractivity contribution in [3.05, 3.63) is 21.8 Å². The molecule has 3 heterocycles. The van der Waals surface area contributed by atoms with Gasteiger partial charge in [0.2, 0.25) is 5.65 Å². The van der Waals surface area contributed by atoms with Gasteiger partial charge >= 0.3 is 0 Å². The average Bonchev–Trinajstić information content (AvgIpc) is 2.86. The minimum Gasteiger partial charge on any atom is -0.396 e. The number of amidine groups is 1. The predicted molar refractivity (Wildman–Crippen MR) is 74.6 cm³/mol. The first kappa shape index (κ1) is 12.0. The Morgan fingerprint density at radius 2 is 2.21 bits per heavy atom. The van der Waals surface area contributed by atoms with Crippen LogP contribution in [-0.2, 0) is 12.8 Å². The van der Waals surface area contributed by atoms with Crippen LogP contribution in [0.3, 0.4) is 0 Å². The van der Waals surface area contributed by atoms with Crippen LogP contribution in [0.1, 0.15) is 11.3 Å². The molecule has 0 atom stereocenters. The molecule has 3 rings (SSSR count). The molecule has 0 radical (unpaired) electrons. The minimum atomic E-state index is 0.206. The Labute approximate surface area is 116 Å². The number of hydrogen-bond acceptors (Lipinski definition) is 6. The highest BCUT2D eigenvalue weighted by molar-refractivity contribution is 9.12. The zero-order valence-corrected chi connectivity index (χ0v) is 11.3. The molecule has 2 aromatic heterocycles. The van der Waals surface area contributed by atoms with Crippen molar-refractivity contribution < 1.29 is 4.63 Å². The first-order chi connectivity index (χ1) is 9.15. The number of nitrogen functional groups attached to an aromatic ring is 1. The summed E-state index contributed by atoms with van der Waals surface area (Å²) < 4.78 is 5.45. The van der Waals surface area contributed by atoms with Crippen LogP contribution in [0, 0.1) is 5.41 Å². The molecular weight excluding hydrogens is 312 g/mol. The normalized spacial score (nSPS) is 18.4. The van der Waals surface area contributed by atoms with Crippen molar-refractivity contribution in [3.63, 3.8) is 0 Å². The molecule has 0 saturated heterocycles. The molecule has 0 aromatic carbocycles. The number of anilines is 1. The molecule has 2 aromatic rings. The maximum absolute atomic E-state index is 7.82. The Bertz CT molecular complexity index is 732. The van der Waals surface area contributed by atoms with E-state index in [0.717, 1.165) is 15.7 Å². The van der Waals surface area contributed by atoms with Gasteiger partial charge in [-0.3, -0.25) is 5.41 Å².